The Hall–Kier alpha value is -1.88. The van der Waals surface area contributed by atoms with Crippen LogP contribution in [0.5, 0.6) is 0 Å². The maximum Gasteiger partial charge on any atom is 0.306 e. The molecule has 1 aromatic carbocycles. The number of nitrogens with two attached hydrogens (primary N) is 1. The molecule has 0 aliphatic heterocycles. The Morgan fingerprint density at radius 2 is 1.95 bits per heavy atom. The second-order valence-corrected chi connectivity index (χ2v) is 4.94. The zero-order chi connectivity index (χ0) is 13.8. The van der Waals surface area contributed by atoms with Gasteiger partial charge < -0.3 is 16.2 Å². The number of amides is 1. The number of rotatable bonds is 4. The lowest BCUT2D eigenvalue weighted by Crippen LogP contribution is -2.39. The number of carboxylic acids is 1. The second kappa shape index (κ2) is 5.84. The minimum absolute atomic E-state index is 0.0802. The maximum atomic E-state index is 12.0. The van der Waals surface area contributed by atoms with Gasteiger partial charge in [0.1, 0.15) is 6.04 Å². The highest BCUT2D eigenvalue weighted by molar-refractivity contribution is 5.83. The fourth-order valence-corrected chi connectivity index (χ4v) is 2.44. The largest absolute Gasteiger partial charge is 0.481 e. The van der Waals surface area contributed by atoms with Crippen molar-refractivity contribution in [3.8, 4) is 0 Å². The van der Waals surface area contributed by atoms with Gasteiger partial charge in [0.2, 0.25) is 5.91 Å². The average Bonchev–Trinajstić information content (AvgIpc) is 2.87. The Balaban J connectivity index is 1.90. The molecule has 0 saturated heterocycles. The van der Waals surface area contributed by atoms with Crippen LogP contribution in [0.25, 0.3) is 0 Å². The summed E-state index contributed by atoms with van der Waals surface area (Å²) in [5.41, 5.74) is 6.64. The highest BCUT2D eigenvalue weighted by Gasteiger charge is 2.31. The zero-order valence-electron chi connectivity index (χ0n) is 10.6. The fourth-order valence-electron chi connectivity index (χ4n) is 2.44. The summed E-state index contributed by atoms with van der Waals surface area (Å²) in [6.45, 7) is 0. The van der Waals surface area contributed by atoms with Crippen LogP contribution >= 0.6 is 0 Å². The summed E-state index contributed by atoms with van der Waals surface area (Å²) in [6, 6.07) is 8.35. The standard InChI is InChI=1S/C14H18N2O3/c15-12(9-4-2-1-3-5-9)13(17)16-11-7-6-10(8-11)14(18)19/h1-5,10-12H,6-8,15H2,(H,16,17)(H,18,19). The Bertz CT molecular complexity index is 461. The van der Waals surface area contributed by atoms with Crippen molar-refractivity contribution >= 4 is 11.9 Å². The molecule has 0 bridgehead atoms. The lowest BCUT2D eigenvalue weighted by atomic mass is 10.1. The van der Waals surface area contributed by atoms with Crippen LogP contribution in [0, 0.1) is 5.92 Å². The summed E-state index contributed by atoms with van der Waals surface area (Å²) >= 11 is 0. The van der Waals surface area contributed by atoms with Crippen LogP contribution in [-0.2, 0) is 9.59 Å². The number of hydrogen-bond acceptors (Lipinski definition) is 3. The molecule has 0 heterocycles. The molecule has 5 heteroatoms. The monoisotopic (exact) mass is 262 g/mol. The minimum atomic E-state index is -0.788. The molecule has 1 amide bonds. The molecule has 1 aromatic rings. The summed E-state index contributed by atoms with van der Waals surface area (Å²) < 4.78 is 0. The zero-order valence-corrected chi connectivity index (χ0v) is 10.6. The van der Waals surface area contributed by atoms with Gasteiger partial charge in [0.05, 0.1) is 5.92 Å². The van der Waals surface area contributed by atoms with E-state index in [-0.39, 0.29) is 17.9 Å². The molecule has 19 heavy (non-hydrogen) atoms. The quantitative estimate of drug-likeness (QED) is 0.756. The number of carbonyl (C=O) groups excluding carboxylic acids is 1. The average molecular weight is 262 g/mol. The molecule has 0 spiro atoms. The van der Waals surface area contributed by atoms with Gasteiger partial charge in [-0.15, -0.1) is 0 Å². The Kier molecular flexibility index (Phi) is 4.16. The van der Waals surface area contributed by atoms with Crippen molar-refractivity contribution in [3.05, 3.63) is 35.9 Å². The molecule has 1 saturated carbocycles. The van der Waals surface area contributed by atoms with E-state index in [1.54, 1.807) is 12.1 Å². The van der Waals surface area contributed by atoms with Gasteiger partial charge >= 0.3 is 5.97 Å². The Labute approximate surface area is 111 Å². The van der Waals surface area contributed by atoms with E-state index in [0.717, 1.165) is 5.56 Å². The molecule has 3 atom stereocenters. The van der Waals surface area contributed by atoms with Crippen molar-refractivity contribution in [1.82, 2.24) is 5.32 Å². The summed E-state index contributed by atoms with van der Waals surface area (Å²) in [7, 11) is 0. The van der Waals surface area contributed by atoms with E-state index < -0.39 is 12.0 Å². The normalized spacial score (nSPS) is 23.8. The van der Waals surface area contributed by atoms with Gasteiger partial charge in [0.15, 0.2) is 0 Å². The first-order valence-corrected chi connectivity index (χ1v) is 6.41. The molecule has 0 aromatic heterocycles. The van der Waals surface area contributed by atoms with Crippen LogP contribution in [0.3, 0.4) is 0 Å². The number of nitrogens with one attached hydrogen (secondary N) is 1. The fraction of sp³-hybridized carbons (Fsp3) is 0.429. The van der Waals surface area contributed by atoms with Crippen LogP contribution < -0.4 is 11.1 Å². The van der Waals surface area contributed by atoms with Gasteiger partial charge in [-0.1, -0.05) is 30.3 Å². The Morgan fingerprint density at radius 3 is 2.53 bits per heavy atom. The molecule has 0 radical (unpaired) electrons. The molecular formula is C14H18N2O3. The Morgan fingerprint density at radius 1 is 1.26 bits per heavy atom. The molecule has 3 unspecified atom stereocenters. The van der Waals surface area contributed by atoms with Crippen molar-refractivity contribution in [3.63, 3.8) is 0 Å². The number of carboxylic acid groups (broad SMARTS) is 1. The maximum absolute atomic E-state index is 12.0. The van der Waals surface area contributed by atoms with E-state index in [1.807, 2.05) is 18.2 Å². The molecule has 1 aliphatic rings. The molecule has 4 N–H and O–H groups in total. The van der Waals surface area contributed by atoms with Crippen molar-refractivity contribution < 1.29 is 14.7 Å². The number of hydrogen-bond donors (Lipinski definition) is 3. The highest BCUT2D eigenvalue weighted by Crippen LogP contribution is 2.26. The first-order valence-electron chi connectivity index (χ1n) is 6.41. The molecule has 1 aliphatic carbocycles. The van der Waals surface area contributed by atoms with Gasteiger partial charge in [-0.25, -0.2) is 0 Å². The van der Waals surface area contributed by atoms with E-state index in [2.05, 4.69) is 5.32 Å². The lowest BCUT2D eigenvalue weighted by molar-refractivity contribution is -0.141. The van der Waals surface area contributed by atoms with Crippen molar-refractivity contribution in [2.45, 2.75) is 31.3 Å². The molecular weight excluding hydrogens is 244 g/mol. The van der Waals surface area contributed by atoms with Gasteiger partial charge in [0.25, 0.3) is 0 Å². The summed E-state index contributed by atoms with van der Waals surface area (Å²) in [4.78, 5) is 22.8. The first kappa shape index (κ1) is 13.5. The third kappa shape index (κ3) is 3.32. The first-order chi connectivity index (χ1) is 9.08. The highest BCUT2D eigenvalue weighted by atomic mass is 16.4. The molecule has 1 fully saturated rings. The van der Waals surface area contributed by atoms with Crippen LogP contribution in [0.4, 0.5) is 0 Å². The number of benzene rings is 1. The van der Waals surface area contributed by atoms with Gasteiger partial charge in [-0.05, 0) is 24.8 Å². The SMILES string of the molecule is NC(C(=O)NC1CCC(C(=O)O)C1)c1ccccc1. The van der Waals surface area contributed by atoms with Crippen LogP contribution in [-0.4, -0.2) is 23.0 Å². The molecule has 2 rings (SSSR count). The smallest absolute Gasteiger partial charge is 0.306 e. The van der Waals surface area contributed by atoms with Crippen LogP contribution in [0.2, 0.25) is 0 Å². The van der Waals surface area contributed by atoms with Crippen LogP contribution in [0.15, 0.2) is 30.3 Å². The minimum Gasteiger partial charge on any atom is -0.481 e. The third-order valence-electron chi connectivity index (χ3n) is 3.57. The van der Waals surface area contributed by atoms with Crippen molar-refractivity contribution in [1.29, 1.82) is 0 Å². The van der Waals surface area contributed by atoms with Gasteiger partial charge in [-0.2, -0.15) is 0 Å². The van der Waals surface area contributed by atoms with Gasteiger partial charge in [0, 0.05) is 6.04 Å². The third-order valence-corrected chi connectivity index (χ3v) is 3.57. The van der Waals surface area contributed by atoms with Gasteiger partial charge in [-0.3, -0.25) is 9.59 Å². The van der Waals surface area contributed by atoms with E-state index in [4.69, 9.17) is 10.8 Å². The van der Waals surface area contributed by atoms with E-state index in [0.29, 0.717) is 19.3 Å². The lowest BCUT2D eigenvalue weighted by Gasteiger charge is -2.17. The summed E-state index contributed by atoms with van der Waals surface area (Å²) in [5.74, 6) is -1.38. The van der Waals surface area contributed by atoms with E-state index in [9.17, 15) is 9.59 Å². The summed E-state index contributed by atoms with van der Waals surface area (Å²) in [6.07, 6.45) is 1.80. The van der Waals surface area contributed by atoms with E-state index >= 15 is 0 Å². The number of carbonyl (C=O) groups is 2. The van der Waals surface area contributed by atoms with Crippen molar-refractivity contribution in [2.24, 2.45) is 11.7 Å². The van der Waals surface area contributed by atoms with E-state index in [1.165, 1.54) is 0 Å². The predicted molar refractivity (Wildman–Crippen MR) is 70.3 cm³/mol. The summed E-state index contributed by atoms with van der Waals surface area (Å²) in [5, 5.41) is 11.7. The topological polar surface area (TPSA) is 92.4 Å². The van der Waals surface area contributed by atoms with Crippen molar-refractivity contribution in [2.75, 3.05) is 0 Å². The predicted octanol–water partition coefficient (Wildman–Crippen LogP) is 1.06. The molecule has 5 nitrogen and oxygen atoms in total. The second-order valence-electron chi connectivity index (χ2n) is 4.94. The van der Waals surface area contributed by atoms with Crippen LogP contribution in [0.1, 0.15) is 30.9 Å². The number of aliphatic carboxylic acids is 1. The molecule has 102 valence electrons.